The van der Waals surface area contributed by atoms with Gasteiger partial charge in [-0.1, -0.05) is 350 Å². The van der Waals surface area contributed by atoms with Crippen LogP contribution in [0.25, 0.3) is 0 Å². The Balaban J connectivity index is 0.000000305. The van der Waals surface area contributed by atoms with E-state index in [1.165, 1.54) is 137 Å². The van der Waals surface area contributed by atoms with Crippen molar-refractivity contribution < 1.29 is 0 Å². The minimum atomic E-state index is 0.239. The Morgan fingerprint density at radius 3 is 1.04 bits per heavy atom. The van der Waals surface area contributed by atoms with Gasteiger partial charge in [-0.05, 0) is 261 Å². The van der Waals surface area contributed by atoms with Crippen molar-refractivity contribution in [2.24, 2.45) is 75.9 Å². The van der Waals surface area contributed by atoms with E-state index < -0.39 is 0 Å². The van der Waals surface area contributed by atoms with E-state index in [2.05, 4.69) is 338 Å². The summed E-state index contributed by atoms with van der Waals surface area (Å²) in [5, 5.41) is 0. The van der Waals surface area contributed by atoms with Gasteiger partial charge in [0.25, 0.3) is 0 Å². The molecule has 0 heteroatoms. The normalized spacial score (nSPS) is 20.6. The first-order valence-electron chi connectivity index (χ1n) is 40.4. The van der Waals surface area contributed by atoms with Crippen LogP contribution in [0.1, 0.15) is 394 Å². The van der Waals surface area contributed by atoms with Crippen LogP contribution in [0, 0.1) is 89.8 Å². The van der Waals surface area contributed by atoms with Crippen LogP contribution in [0.15, 0.2) is 109 Å². The maximum absolute atomic E-state index is 2.51. The molecule has 0 saturated heterocycles. The first-order valence-corrected chi connectivity index (χ1v) is 40.4. The molecule has 0 aromatic heterocycles. The average molecular weight is 1330 g/mol. The predicted molar refractivity (Wildman–Crippen MR) is 439 cm³/mol. The second kappa shape index (κ2) is 40.1. The van der Waals surface area contributed by atoms with Crippen LogP contribution in [0.2, 0.25) is 0 Å². The highest BCUT2D eigenvalue weighted by Gasteiger charge is 2.43. The monoisotopic (exact) mass is 1330 g/mol. The molecule has 97 heavy (non-hydrogen) atoms. The van der Waals surface area contributed by atoms with Crippen molar-refractivity contribution in [2.45, 2.75) is 358 Å². The number of rotatable bonds is 18. The largest absolute Gasteiger partial charge is 0.0625 e. The molecular formula is C97H160. The fourth-order valence-electron chi connectivity index (χ4n) is 16.0. The van der Waals surface area contributed by atoms with Gasteiger partial charge in [0.15, 0.2) is 0 Å². The Morgan fingerprint density at radius 1 is 0.371 bits per heavy atom. The zero-order chi connectivity index (χ0) is 73.7. The highest BCUT2D eigenvalue weighted by Crippen LogP contribution is 2.54. The van der Waals surface area contributed by atoms with E-state index >= 15 is 0 Å². The average Bonchev–Trinajstić information content (AvgIpc) is 0.792. The SMILES string of the molecule is CC(C)C(C)(C)c1cccc(C(C)(C)C(C)C)c1.CC(C)C1CC(C)(C)CC(C)(C(C)C)C1.CC(C)C1CCC(CC2CCC(C(C)C)CC2)CC1.CC(C)c1ccc(Cc2ccc(C(C)C)cc2)cc1.Cc1c(C(C)C)cccc1C(C)C.Cc1ccc(C(C)C)cc1C(C)C. The van der Waals surface area contributed by atoms with Gasteiger partial charge in [0.1, 0.15) is 0 Å². The smallest absolute Gasteiger partial charge is 0.00258 e. The van der Waals surface area contributed by atoms with E-state index in [0.717, 1.165) is 59.7 Å². The number of hydrogen-bond donors (Lipinski definition) is 0. The third-order valence-electron chi connectivity index (χ3n) is 25.3. The lowest BCUT2D eigenvalue weighted by Gasteiger charge is -2.50. The van der Waals surface area contributed by atoms with Crippen LogP contribution in [0.3, 0.4) is 0 Å². The van der Waals surface area contributed by atoms with Crippen molar-refractivity contribution in [3.05, 3.63) is 176 Å². The van der Waals surface area contributed by atoms with Crippen molar-refractivity contribution in [3.8, 4) is 0 Å². The van der Waals surface area contributed by atoms with E-state index in [9.17, 15) is 0 Å². The van der Waals surface area contributed by atoms with Gasteiger partial charge in [-0.15, -0.1) is 0 Å². The molecule has 0 aliphatic heterocycles. The number of benzene rings is 5. The molecule has 3 aliphatic carbocycles. The summed E-state index contributed by atoms with van der Waals surface area (Å²) < 4.78 is 0. The lowest BCUT2D eigenvalue weighted by atomic mass is 9.55. The van der Waals surface area contributed by atoms with Gasteiger partial charge in [0, 0.05) is 0 Å². The Hall–Kier alpha value is -3.90. The van der Waals surface area contributed by atoms with Gasteiger partial charge in [-0.3, -0.25) is 0 Å². The Bertz CT molecular complexity index is 2790. The molecule has 0 heterocycles. The Labute approximate surface area is 606 Å². The minimum absolute atomic E-state index is 0.239. The van der Waals surface area contributed by atoms with Gasteiger partial charge >= 0.3 is 0 Å². The summed E-state index contributed by atoms with van der Waals surface area (Å²) in [7, 11) is 0. The Morgan fingerprint density at radius 2 is 0.722 bits per heavy atom. The Kier molecular flexibility index (Phi) is 36.1. The molecule has 0 bridgehead atoms. The van der Waals surface area contributed by atoms with Crippen molar-refractivity contribution in [2.75, 3.05) is 0 Å². The summed E-state index contributed by atoms with van der Waals surface area (Å²) in [4.78, 5) is 0. The van der Waals surface area contributed by atoms with Crippen molar-refractivity contribution in [3.63, 3.8) is 0 Å². The molecule has 0 amide bonds. The third kappa shape index (κ3) is 28.1. The fourth-order valence-corrected chi connectivity index (χ4v) is 16.0. The molecule has 2 atom stereocenters. The summed E-state index contributed by atoms with van der Waals surface area (Å²) in [6.07, 6.45) is 19.1. The standard InChI is InChI=1S/C19H36.C19H24.C18H30.C15H30.2C13H20/c2*1-14(2)18-9-5-16(6-10-18)13-17-7-11-19(12-8-17)15(3)4;1-13(2)17(5,6)15-10-9-11-16(12-15)18(7,8)14(3)4;1-11(2)13-8-14(5,6)10-15(7,9-13)12(3)4;1-9(2)12-7-6-11(5)13(8-12)10(3)4;1-9(2)12-7-6-8-13(10(3)4)11(12)5/h14-19H,5-13H2,1-4H3;5-12,14-15H,13H2,1-4H3;9-14H,1-8H3;11-13H,8-10H2,1-7H3;2*6-10H,1-5H3. The first-order chi connectivity index (χ1) is 44.9. The van der Waals surface area contributed by atoms with Crippen LogP contribution in [-0.4, -0.2) is 0 Å². The lowest BCUT2D eigenvalue weighted by Crippen LogP contribution is -2.40. The molecule has 5 aromatic carbocycles. The molecule has 548 valence electrons. The van der Waals surface area contributed by atoms with Gasteiger partial charge in [-0.25, -0.2) is 0 Å². The summed E-state index contributed by atoms with van der Waals surface area (Å²) in [5.74, 6) is 13.7. The predicted octanol–water partition coefficient (Wildman–Crippen LogP) is 31.0. The molecule has 0 spiro atoms. The van der Waals surface area contributed by atoms with Crippen LogP contribution >= 0.6 is 0 Å². The van der Waals surface area contributed by atoms with E-state index in [-0.39, 0.29) is 10.8 Å². The molecule has 0 N–H and O–H groups in total. The fraction of sp³-hybridized carbons (Fsp3) is 0.691. The van der Waals surface area contributed by atoms with Crippen LogP contribution in [-0.2, 0) is 17.3 Å². The summed E-state index contributed by atoms with van der Waals surface area (Å²) in [6.45, 7) is 76.7. The van der Waals surface area contributed by atoms with E-state index in [1.807, 2.05) is 0 Å². The topological polar surface area (TPSA) is 0 Å². The summed E-state index contributed by atoms with van der Waals surface area (Å²) in [5.41, 5.74) is 19.0. The minimum Gasteiger partial charge on any atom is -0.0625 e. The molecule has 3 aliphatic rings. The van der Waals surface area contributed by atoms with Crippen LogP contribution < -0.4 is 0 Å². The van der Waals surface area contributed by atoms with Gasteiger partial charge in [0.05, 0.1) is 0 Å². The maximum Gasteiger partial charge on any atom is -0.00258 e. The van der Waals surface area contributed by atoms with Gasteiger partial charge in [-0.2, -0.15) is 0 Å². The quantitative estimate of drug-likeness (QED) is 0.0820. The van der Waals surface area contributed by atoms with Crippen LogP contribution in [0.4, 0.5) is 0 Å². The van der Waals surface area contributed by atoms with E-state index in [4.69, 9.17) is 0 Å². The molecule has 0 radical (unpaired) electrons. The first kappa shape index (κ1) is 87.3. The van der Waals surface area contributed by atoms with E-state index in [0.29, 0.717) is 58.2 Å². The van der Waals surface area contributed by atoms with Crippen molar-refractivity contribution in [1.82, 2.24) is 0 Å². The number of hydrogen-bond acceptors (Lipinski definition) is 0. The maximum atomic E-state index is 2.51. The second-order valence-electron chi connectivity index (χ2n) is 37.9. The summed E-state index contributed by atoms with van der Waals surface area (Å²) >= 11 is 0. The molecular weight excluding hydrogens is 1170 g/mol. The van der Waals surface area contributed by atoms with E-state index in [1.54, 1.807) is 6.42 Å². The summed E-state index contributed by atoms with van der Waals surface area (Å²) in [6, 6.07) is 40.7. The number of aryl methyl sites for hydroxylation is 1. The lowest BCUT2D eigenvalue weighted by molar-refractivity contribution is 0.00398. The highest BCUT2D eigenvalue weighted by molar-refractivity contribution is 5.39. The second-order valence-corrected chi connectivity index (χ2v) is 37.9. The zero-order valence-corrected chi connectivity index (χ0v) is 70.4. The molecule has 3 saturated carbocycles. The third-order valence-corrected chi connectivity index (χ3v) is 25.3. The van der Waals surface area contributed by atoms with Crippen LogP contribution in [0.5, 0.6) is 0 Å². The molecule has 0 nitrogen and oxygen atoms in total. The van der Waals surface area contributed by atoms with Gasteiger partial charge < -0.3 is 0 Å². The molecule has 2 unspecified atom stereocenters. The zero-order valence-electron chi connectivity index (χ0n) is 70.4. The molecule has 5 aromatic rings. The van der Waals surface area contributed by atoms with Crippen molar-refractivity contribution >= 4 is 0 Å². The molecule has 8 rings (SSSR count). The highest BCUT2D eigenvalue weighted by atomic mass is 14.5. The molecule has 3 fully saturated rings. The van der Waals surface area contributed by atoms with Crippen molar-refractivity contribution in [1.29, 1.82) is 0 Å². The van der Waals surface area contributed by atoms with Gasteiger partial charge in [0.2, 0.25) is 0 Å².